The molecule has 11 heteroatoms. The van der Waals surface area contributed by atoms with Gasteiger partial charge in [-0.05, 0) is 80.5 Å². The number of ether oxygens (including phenoxy) is 2. The lowest BCUT2D eigenvalue weighted by Crippen LogP contribution is -2.63. The number of carbonyl (C=O) groups is 2. The molecule has 4 saturated carbocycles. The van der Waals surface area contributed by atoms with Gasteiger partial charge in [0.05, 0.1) is 12.2 Å². The monoisotopic (exact) mass is 542 g/mol. The summed E-state index contributed by atoms with van der Waals surface area (Å²) in [6.45, 7) is 3.37. The highest BCUT2D eigenvalue weighted by Crippen LogP contribution is 2.68. The van der Waals surface area contributed by atoms with Crippen molar-refractivity contribution in [3.8, 4) is 0 Å². The van der Waals surface area contributed by atoms with Crippen LogP contribution >= 0.6 is 0 Å². The fourth-order valence-electron chi connectivity index (χ4n) is 9.42. The Morgan fingerprint density at radius 3 is 2.34 bits per heavy atom. The Morgan fingerprint density at radius 2 is 1.68 bits per heavy atom. The molecule has 1 aliphatic heterocycles. The smallest absolute Gasteiger partial charge is 0.335 e. The maximum absolute atomic E-state index is 12.6. The van der Waals surface area contributed by atoms with Gasteiger partial charge in [0.15, 0.2) is 18.2 Å². The highest BCUT2D eigenvalue weighted by atomic mass is 16.7. The predicted molar refractivity (Wildman–Crippen MR) is 129 cm³/mol. The van der Waals surface area contributed by atoms with Crippen molar-refractivity contribution in [1.29, 1.82) is 0 Å². The van der Waals surface area contributed by atoms with Crippen molar-refractivity contribution in [2.24, 2.45) is 34.5 Å². The third kappa shape index (κ3) is 4.00. The van der Waals surface area contributed by atoms with Crippen molar-refractivity contribution in [1.82, 2.24) is 0 Å². The largest absolute Gasteiger partial charge is 0.479 e. The van der Waals surface area contributed by atoms with Crippen molar-refractivity contribution in [3.63, 3.8) is 0 Å². The summed E-state index contributed by atoms with van der Waals surface area (Å²) in [4.78, 5) is 24.0. The number of aliphatic hydroxyl groups excluding tert-OH is 5. The van der Waals surface area contributed by atoms with Crippen LogP contribution in [0.15, 0.2) is 0 Å². The fraction of sp³-hybridized carbons (Fsp3) is 0.926. The van der Waals surface area contributed by atoms with E-state index in [1.807, 2.05) is 6.92 Å². The van der Waals surface area contributed by atoms with E-state index >= 15 is 0 Å². The summed E-state index contributed by atoms with van der Waals surface area (Å²) in [6, 6.07) is 0. The highest BCUT2D eigenvalue weighted by molar-refractivity contribution is 5.89. The second-order valence-corrected chi connectivity index (χ2v) is 13.0. The van der Waals surface area contributed by atoms with Crippen LogP contribution in [0.25, 0.3) is 0 Å². The van der Waals surface area contributed by atoms with Crippen LogP contribution in [0.3, 0.4) is 0 Å². The van der Waals surface area contributed by atoms with Gasteiger partial charge in [-0.25, -0.2) is 4.79 Å². The number of fused-ring (bicyclic) bond motifs is 5. The summed E-state index contributed by atoms with van der Waals surface area (Å²) in [5.74, 6) is -1.65. The molecule has 2 unspecified atom stereocenters. The van der Waals surface area contributed by atoms with E-state index in [-0.39, 0.29) is 35.2 Å². The number of carboxylic acid groups (broad SMARTS) is 1. The van der Waals surface area contributed by atoms with E-state index in [4.69, 9.17) is 9.47 Å². The van der Waals surface area contributed by atoms with Gasteiger partial charge in [0.25, 0.3) is 0 Å². The SMILES string of the molecule is C[C@]12CC(O)C3[C@@H](CC[C@H]4C[C@H](O[C@@H]5O[C@H](C(=O)O)[C@@H](O)[C@H](O)[C@H]5O)CC[C@]34C)[C@@H]1CC[C@]2(O)C(=O)CO. The Kier molecular flexibility index (Phi) is 7.26. The molecule has 4 aliphatic carbocycles. The lowest BCUT2D eigenvalue weighted by molar-refractivity contribution is -0.310. The second kappa shape index (κ2) is 9.73. The molecule has 0 amide bonds. The van der Waals surface area contributed by atoms with Crippen LogP contribution in [0.1, 0.15) is 65.2 Å². The van der Waals surface area contributed by atoms with E-state index in [0.29, 0.717) is 32.1 Å². The number of aliphatic carboxylic acids is 1. The lowest BCUT2D eigenvalue weighted by atomic mass is 9.43. The zero-order valence-corrected chi connectivity index (χ0v) is 22.0. The molecular weight excluding hydrogens is 500 g/mol. The van der Waals surface area contributed by atoms with Crippen molar-refractivity contribution >= 4 is 11.8 Å². The molecule has 0 aromatic carbocycles. The van der Waals surface area contributed by atoms with Crippen LogP contribution in [-0.4, -0.2) is 103 Å². The first kappa shape index (κ1) is 28.4. The number of carbonyl (C=O) groups excluding carboxylic acids is 1. The molecule has 14 atom stereocenters. The number of aliphatic hydroxyl groups is 6. The number of ketones is 1. The van der Waals surface area contributed by atoms with Gasteiger partial charge in [0.2, 0.25) is 0 Å². The van der Waals surface area contributed by atoms with Crippen molar-refractivity contribution < 1.29 is 54.8 Å². The first-order valence-electron chi connectivity index (χ1n) is 13.9. The van der Waals surface area contributed by atoms with E-state index in [0.717, 1.165) is 19.3 Å². The van der Waals surface area contributed by atoms with Gasteiger partial charge in [-0.15, -0.1) is 0 Å². The van der Waals surface area contributed by atoms with Gasteiger partial charge < -0.3 is 45.2 Å². The molecule has 216 valence electrons. The molecule has 0 aromatic heterocycles. The van der Waals surface area contributed by atoms with Crippen molar-refractivity contribution in [3.05, 3.63) is 0 Å². The standard InChI is InChI=1S/C27H42O11/c1-25-7-5-13(37-24-21(33)19(31)20(32)22(38-24)23(34)35)9-12(25)3-4-14-15-6-8-27(36,17(30)11-28)26(15,2)10-16(29)18(14)25/h12-16,18-22,24,28-29,31-33,36H,3-11H2,1-2H3,(H,34,35)/t12-,13+,14-,15-,16?,18?,19-,20-,21+,22-,24+,25-,26-,27-/m0/s1. The molecule has 5 rings (SSSR count). The van der Waals surface area contributed by atoms with Gasteiger partial charge in [0.1, 0.15) is 30.5 Å². The topological polar surface area (TPSA) is 194 Å². The number of carboxylic acids is 1. The summed E-state index contributed by atoms with van der Waals surface area (Å²) in [5.41, 5.74) is -2.64. The molecule has 38 heavy (non-hydrogen) atoms. The molecule has 0 spiro atoms. The van der Waals surface area contributed by atoms with E-state index in [9.17, 15) is 45.3 Å². The minimum atomic E-state index is -1.77. The van der Waals surface area contributed by atoms with Crippen LogP contribution in [-0.2, 0) is 19.1 Å². The summed E-state index contributed by atoms with van der Waals surface area (Å²) in [7, 11) is 0. The maximum Gasteiger partial charge on any atom is 0.335 e. The molecule has 0 radical (unpaired) electrons. The van der Waals surface area contributed by atoms with Gasteiger partial charge >= 0.3 is 5.97 Å². The first-order valence-corrected chi connectivity index (χ1v) is 13.9. The van der Waals surface area contributed by atoms with Gasteiger partial charge in [-0.2, -0.15) is 0 Å². The molecular formula is C27H42O11. The third-order valence-corrected chi connectivity index (χ3v) is 11.4. The van der Waals surface area contributed by atoms with Crippen LogP contribution < -0.4 is 0 Å². The van der Waals surface area contributed by atoms with E-state index < -0.39 is 66.2 Å². The zero-order chi connectivity index (χ0) is 27.8. The predicted octanol–water partition coefficient (Wildman–Crippen LogP) is -0.430. The number of Topliss-reactive ketones (excluding diaryl/α,β-unsaturated/α-hetero) is 1. The molecule has 0 aromatic rings. The Hall–Kier alpha value is -1.18. The van der Waals surface area contributed by atoms with Gasteiger partial charge in [-0.3, -0.25) is 4.79 Å². The Morgan fingerprint density at radius 1 is 0.974 bits per heavy atom. The minimum absolute atomic E-state index is 0.0169. The van der Waals surface area contributed by atoms with Crippen molar-refractivity contribution in [2.75, 3.05) is 6.61 Å². The van der Waals surface area contributed by atoms with Gasteiger partial charge in [0, 0.05) is 5.41 Å². The molecule has 1 saturated heterocycles. The maximum atomic E-state index is 12.6. The lowest BCUT2D eigenvalue weighted by Gasteiger charge is -2.63. The second-order valence-electron chi connectivity index (χ2n) is 13.0. The van der Waals surface area contributed by atoms with Crippen LogP contribution in [0, 0.1) is 34.5 Å². The summed E-state index contributed by atoms with van der Waals surface area (Å²) < 4.78 is 11.3. The average Bonchev–Trinajstić information content (AvgIpc) is 3.14. The number of hydrogen-bond acceptors (Lipinski definition) is 10. The van der Waals surface area contributed by atoms with E-state index in [1.54, 1.807) is 0 Å². The van der Waals surface area contributed by atoms with Gasteiger partial charge in [-0.1, -0.05) is 13.8 Å². The molecule has 11 nitrogen and oxygen atoms in total. The zero-order valence-electron chi connectivity index (χ0n) is 22.0. The quantitative estimate of drug-likeness (QED) is 0.223. The van der Waals surface area contributed by atoms with Crippen molar-refractivity contribution in [2.45, 2.75) is 114 Å². The Bertz CT molecular complexity index is 944. The third-order valence-electron chi connectivity index (χ3n) is 11.4. The summed E-state index contributed by atoms with van der Waals surface area (Å²) in [6.07, 6.45) is -4.37. The Labute approximate surface area is 221 Å². The molecule has 5 fully saturated rings. The van der Waals surface area contributed by atoms with Crippen LogP contribution in [0.5, 0.6) is 0 Å². The molecule has 5 aliphatic rings. The average molecular weight is 543 g/mol. The summed E-state index contributed by atoms with van der Waals surface area (Å²) >= 11 is 0. The van der Waals surface area contributed by atoms with E-state index in [2.05, 4.69) is 6.92 Å². The van der Waals surface area contributed by atoms with E-state index in [1.165, 1.54) is 0 Å². The van der Waals surface area contributed by atoms with Crippen LogP contribution in [0.2, 0.25) is 0 Å². The summed E-state index contributed by atoms with van der Waals surface area (Å²) in [5, 5.41) is 72.2. The first-order chi connectivity index (χ1) is 17.8. The molecule has 0 bridgehead atoms. The normalized spacial score (nSPS) is 54.5. The molecule has 1 heterocycles. The fourth-order valence-corrected chi connectivity index (χ4v) is 9.42. The molecule has 7 N–H and O–H groups in total. The highest BCUT2D eigenvalue weighted by Gasteiger charge is 2.68. The number of rotatable bonds is 5. The Balaban J connectivity index is 1.31. The minimum Gasteiger partial charge on any atom is -0.479 e. The number of hydrogen-bond donors (Lipinski definition) is 7. The van der Waals surface area contributed by atoms with Crippen LogP contribution in [0.4, 0.5) is 0 Å².